The van der Waals surface area contributed by atoms with Crippen molar-refractivity contribution < 1.29 is 0 Å². The van der Waals surface area contributed by atoms with E-state index in [2.05, 4.69) is 15.2 Å². The van der Waals surface area contributed by atoms with Crippen LogP contribution in [0.2, 0.25) is 0 Å². The smallest absolute Gasteiger partial charge is 0.256 e. The molecule has 0 atom stereocenters. The van der Waals surface area contributed by atoms with E-state index in [9.17, 15) is 4.79 Å². The molecule has 0 saturated carbocycles. The lowest BCUT2D eigenvalue weighted by atomic mass is 10.1. The number of hydrogen-bond donors (Lipinski definition) is 2. The minimum Gasteiger partial charge on any atom is -0.354 e. The number of fused-ring (bicyclic) bond motifs is 3. The standard InChI is InChI=1S/C16H16N4O.C2H6/c21-16-12-4-2-1-3-11(12)15-13(18-16)5-6-14(19-15)20-9-7-17-8-10-20;1-2/h1-6,17H,7-10H2,(H,18,21);1-2H3. The summed E-state index contributed by atoms with van der Waals surface area (Å²) in [5, 5.41) is 4.94. The van der Waals surface area contributed by atoms with Crippen LogP contribution in [0.15, 0.2) is 41.2 Å². The van der Waals surface area contributed by atoms with Crippen LogP contribution in [0.4, 0.5) is 5.82 Å². The van der Waals surface area contributed by atoms with Gasteiger partial charge in [0.2, 0.25) is 0 Å². The van der Waals surface area contributed by atoms with E-state index in [4.69, 9.17) is 4.98 Å². The molecule has 3 heterocycles. The maximum Gasteiger partial charge on any atom is 0.256 e. The molecule has 0 radical (unpaired) electrons. The molecule has 4 rings (SSSR count). The molecule has 23 heavy (non-hydrogen) atoms. The highest BCUT2D eigenvalue weighted by atomic mass is 16.1. The number of aromatic amines is 1. The lowest BCUT2D eigenvalue weighted by molar-refractivity contribution is 0.585. The van der Waals surface area contributed by atoms with E-state index < -0.39 is 0 Å². The van der Waals surface area contributed by atoms with Gasteiger partial charge in [-0.25, -0.2) is 4.98 Å². The Hall–Kier alpha value is -2.40. The molecule has 1 aliphatic heterocycles. The number of aromatic nitrogens is 2. The Morgan fingerprint density at radius 3 is 2.43 bits per heavy atom. The van der Waals surface area contributed by atoms with Gasteiger partial charge in [-0.15, -0.1) is 0 Å². The minimum absolute atomic E-state index is 0.0603. The van der Waals surface area contributed by atoms with Gasteiger partial charge in [0.15, 0.2) is 0 Å². The van der Waals surface area contributed by atoms with Crippen LogP contribution in [0.3, 0.4) is 0 Å². The maximum atomic E-state index is 12.1. The van der Waals surface area contributed by atoms with Gasteiger partial charge >= 0.3 is 0 Å². The number of rotatable bonds is 1. The van der Waals surface area contributed by atoms with Crippen LogP contribution in [-0.2, 0) is 0 Å². The Morgan fingerprint density at radius 1 is 1.00 bits per heavy atom. The fraction of sp³-hybridized carbons (Fsp3) is 0.333. The molecule has 0 amide bonds. The summed E-state index contributed by atoms with van der Waals surface area (Å²) >= 11 is 0. The highest BCUT2D eigenvalue weighted by molar-refractivity contribution is 6.03. The number of benzene rings is 1. The van der Waals surface area contributed by atoms with E-state index >= 15 is 0 Å². The van der Waals surface area contributed by atoms with Gasteiger partial charge in [-0.05, 0) is 18.2 Å². The van der Waals surface area contributed by atoms with Crippen molar-refractivity contribution in [3.8, 4) is 0 Å². The van der Waals surface area contributed by atoms with Gasteiger partial charge in [0.25, 0.3) is 5.56 Å². The number of hydrogen-bond acceptors (Lipinski definition) is 4. The van der Waals surface area contributed by atoms with Crippen molar-refractivity contribution >= 4 is 27.6 Å². The number of piperazine rings is 1. The molecule has 2 aromatic heterocycles. The fourth-order valence-corrected chi connectivity index (χ4v) is 2.90. The van der Waals surface area contributed by atoms with Crippen molar-refractivity contribution in [2.75, 3.05) is 31.1 Å². The molecule has 1 saturated heterocycles. The number of nitrogens with zero attached hydrogens (tertiary/aromatic N) is 2. The lowest BCUT2D eigenvalue weighted by Crippen LogP contribution is -2.43. The second-order valence-corrected chi connectivity index (χ2v) is 5.30. The first-order chi connectivity index (χ1) is 11.3. The van der Waals surface area contributed by atoms with Gasteiger partial charge in [-0.1, -0.05) is 32.0 Å². The first-order valence-corrected chi connectivity index (χ1v) is 8.20. The van der Waals surface area contributed by atoms with Crippen molar-refractivity contribution in [3.63, 3.8) is 0 Å². The van der Waals surface area contributed by atoms with Crippen LogP contribution in [0, 0.1) is 0 Å². The normalized spacial score (nSPS) is 14.6. The molecule has 120 valence electrons. The third kappa shape index (κ3) is 2.92. The molecule has 5 heteroatoms. The van der Waals surface area contributed by atoms with E-state index in [-0.39, 0.29) is 5.56 Å². The second kappa shape index (κ2) is 6.79. The van der Waals surface area contributed by atoms with Gasteiger partial charge < -0.3 is 15.2 Å². The maximum absolute atomic E-state index is 12.1. The average Bonchev–Trinajstić information content (AvgIpc) is 2.64. The Bertz CT molecular complexity index is 866. The Morgan fingerprint density at radius 2 is 1.70 bits per heavy atom. The van der Waals surface area contributed by atoms with Crippen LogP contribution < -0.4 is 15.8 Å². The number of anilines is 1. The van der Waals surface area contributed by atoms with Crippen LogP contribution in [-0.4, -0.2) is 36.1 Å². The lowest BCUT2D eigenvalue weighted by Gasteiger charge is -2.28. The molecule has 5 nitrogen and oxygen atoms in total. The van der Waals surface area contributed by atoms with Crippen LogP contribution in [0.1, 0.15) is 13.8 Å². The van der Waals surface area contributed by atoms with Gasteiger partial charge in [0.1, 0.15) is 5.82 Å². The molecule has 0 unspecified atom stereocenters. The minimum atomic E-state index is -0.0603. The van der Waals surface area contributed by atoms with Crippen molar-refractivity contribution in [2.24, 2.45) is 0 Å². The predicted octanol–water partition coefficient (Wildman–Crippen LogP) is 2.51. The summed E-state index contributed by atoms with van der Waals surface area (Å²) in [5.41, 5.74) is 1.59. The summed E-state index contributed by atoms with van der Waals surface area (Å²) < 4.78 is 0. The van der Waals surface area contributed by atoms with E-state index in [0.29, 0.717) is 5.39 Å². The summed E-state index contributed by atoms with van der Waals surface area (Å²) in [4.78, 5) is 22.1. The molecule has 0 bridgehead atoms. The molecule has 2 N–H and O–H groups in total. The largest absolute Gasteiger partial charge is 0.354 e. The first kappa shape index (κ1) is 15.5. The second-order valence-electron chi connectivity index (χ2n) is 5.30. The van der Waals surface area contributed by atoms with Crippen molar-refractivity contribution in [3.05, 3.63) is 46.8 Å². The zero-order valence-corrected chi connectivity index (χ0v) is 13.6. The fourth-order valence-electron chi connectivity index (χ4n) is 2.90. The van der Waals surface area contributed by atoms with E-state index in [1.54, 1.807) is 0 Å². The first-order valence-electron chi connectivity index (χ1n) is 8.20. The molecule has 1 aliphatic rings. The van der Waals surface area contributed by atoms with Crippen LogP contribution in [0.5, 0.6) is 0 Å². The van der Waals surface area contributed by atoms with E-state index in [0.717, 1.165) is 48.4 Å². The third-order valence-electron chi connectivity index (χ3n) is 4.00. The topological polar surface area (TPSA) is 61.0 Å². The van der Waals surface area contributed by atoms with Gasteiger partial charge in [0.05, 0.1) is 11.0 Å². The van der Waals surface area contributed by atoms with Crippen LogP contribution >= 0.6 is 0 Å². The van der Waals surface area contributed by atoms with Crippen LogP contribution in [0.25, 0.3) is 21.8 Å². The highest BCUT2D eigenvalue weighted by Crippen LogP contribution is 2.22. The molecular weight excluding hydrogens is 288 g/mol. The Labute approximate surface area is 135 Å². The van der Waals surface area contributed by atoms with Crippen molar-refractivity contribution in [2.45, 2.75) is 13.8 Å². The number of pyridine rings is 2. The summed E-state index contributed by atoms with van der Waals surface area (Å²) in [6.45, 7) is 7.87. The summed E-state index contributed by atoms with van der Waals surface area (Å²) in [6.07, 6.45) is 0. The third-order valence-corrected chi connectivity index (χ3v) is 4.00. The molecule has 3 aromatic rings. The Kier molecular flexibility index (Phi) is 4.57. The Balaban J connectivity index is 0.000000753. The summed E-state index contributed by atoms with van der Waals surface area (Å²) in [6, 6.07) is 11.6. The monoisotopic (exact) mass is 310 g/mol. The van der Waals surface area contributed by atoms with Crippen molar-refractivity contribution in [1.29, 1.82) is 0 Å². The number of nitrogens with one attached hydrogen (secondary N) is 2. The average molecular weight is 310 g/mol. The summed E-state index contributed by atoms with van der Waals surface area (Å²) in [5.74, 6) is 0.973. The molecule has 1 aromatic carbocycles. The van der Waals surface area contributed by atoms with Gasteiger partial charge in [0, 0.05) is 37.0 Å². The predicted molar refractivity (Wildman–Crippen MR) is 96.3 cm³/mol. The molecule has 1 fully saturated rings. The zero-order chi connectivity index (χ0) is 16.2. The molecule has 0 aliphatic carbocycles. The van der Waals surface area contributed by atoms with E-state index in [1.807, 2.05) is 50.2 Å². The molecule has 0 spiro atoms. The number of H-pyrrole nitrogens is 1. The highest BCUT2D eigenvalue weighted by Gasteiger charge is 2.13. The van der Waals surface area contributed by atoms with E-state index in [1.165, 1.54) is 0 Å². The van der Waals surface area contributed by atoms with Crippen molar-refractivity contribution in [1.82, 2.24) is 15.3 Å². The van der Waals surface area contributed by atoms with Gasteiger partial charge in [-0.3, -0.25) is 4.79 Å². The SMILES string of the molecule is CC.O=c1[nH]c2ccc(N3CCNCC3)nc2c2ccccc12. The van der Waals surface area contributed by atoms with Gasteiger partial charge in [-0.2, -0.15) is 0 Å². The molecular formula is C18H22N4O. The zero-order valence-electron chi connectivity index (χ0n) is 13.6. The summed E-state index contributed by atoms with van der Waals surface area (Å²) in [7, 11) is 0. The quantitative estimate of drug-likeness (QED) is 0.678.